The average molecular weight is 572 g/mol. The zero-order valence-electron chi connectivity index (χ0n) is 23.5. The van der Waals surface area contributed by atoms with Gasteiger partial charge in [0.25, 0.3) is 0 Å². The third-order valence-corrected chi connectivity index (χ3v) is 8.33. The normalized spacial score (nSPS) is 15.8. The van der Waals surface area contributed by atoms with Gasteiger partial charge < -0.3 is 24.6 Å². The monoisotopic (exact) mass is 571 g/mol. The van der Waals surface area contributed by atoms with E-state index in [1.165, 1.54) is 24.5 Å². The lowest BCUT2D eigenvalue weighted by atomic mass is 9.71. The minimum absolute atomic E-state index is 0.0118. The van der Waals surface area contributed by atoms with Crippen molar-refractivity contribution in [3.8, 4) is 22.6 Å². The minimum Gasteiger partial charge on any atom is -0.495 e. The van der Waals surface area contributed by atoms with Gasteiger partial charge in [0, 0.05) is 54.7 Å². The Morgan fingerprint density at radius 1 is 1.00 bits per heavy atom. The van der Waals surface area contributed by atoms with E-state index < -0.39 is 11.6 Å². The number of carbonyl (C=O) groups is 1. The van der Waals surface area contributed by atoms with E-state index in [4.69, 9.17) is 9.47 Å². The maximum absolute atomic E-state index is 14.6. The number of halogens is 2. The Morgan fingerprint density at radius 2 is 1.76 bits per heavy atom. The van der Waals surface area contributed by atoms with E-state index in [9.17, 15) is 13.6 Å². The number of piperidine rings is 1. The van der Waals surface area contributed by atoms with Crippen molar-refractivity contribution < 1.29 is 23.0 Å². The molecule has 1 N–H and O–H groups in total. The highest BCUT2D eigenvalue weighted by atomic mass is 19.1. The van der Waals surface area contributed by atoms with Crippen molar-refractivity contribution in [1.29, 1.82) is 0 Å². The average Bonchev–Trinajstić information content (AvgIpc) is 2.99. The number of nitrogens with zero attached hydrogens (tertiary/aromatic N) is 4. The molecule has 0 radical (unpaired) electrons. The van der Waals surface area contributed by atoms with E-state index in [2.05, 4.69) is 26.8 Å². The molecule has 2 aliphatic heterocycles. The van der Waals surface area contributed by atoms with E-state index in [1.54, 1.807) is 32.4 Å². The fourth-order valence-electron chi connectivity index (χ4n) is 5.99. The summed E-state index contributed by atoms with van der Waals surface area (Å²) in [6, 6.07) is 12.6. The summed E-state index contributed by atoms with van der Waals surface area (Å²) in [7, 11) is 3.20. The molecule has 6 rings (SSSR count). The van der Waals surface area contributed by atoms with Gasteiger partial charge in [0.05, 0.1) is 31.1 Å². The molecule has 2 fully saturated rings. The van der Waals surface area contributed by atoms with Crippen LogP contribution in [-0.4, -0.2) is 61.2 Å². The van der Waals surface area contributed by atoms with Gasteiger partial charge in [0.15, 0.2) is 0 Å². The number of nitrogens with one attached hydrogen (secondary N) is 1. The highest BCUT2D eigenvalue weighted by molar-refractivity contribution is 5.96. The molecule has 0 aliphatic carbocycles. The number of hydrogen-bond donors (Lipinski definition) is 1. The molecule has 0 atom stereocenters. The Hall–Kier alpha value is -4.73. The van der Waals surface area contributed by atoms with Crippen LogP contribution in [0.25, 0.3) is 22.0 Å². The van der Waals surface area contributed by atoms with Crippen molar-refractivity contribution in [2.24, 2.45) is 5.41 Å². The molecule has 0 saturated carbocycles. The Kier molecular flexibility index (Phi) is 7.14. The number of benzene rings is 3. The second-order valence-corrected chi connectivity index (χ2v) is 10.8. The molecule has 42 heavy (non-hydrogen) atoms. The molecule has 2 aliphatic rings. The summed E-state index contributed by atoms with van der Waals surface area (Å²) in [5.74, 6) is 0.497. The van der Waals surface area contributed by atoms with Crippen LogP contribution in [0.1, 0.15) is 12.8 Å². The summed E-state index contributed by atoms with van der Waals surface area (Å²) in [6.45, 7) is 6.80. The van der Waals surface area contributed by atoms with Gasteiger partial charge in [-0.2, -0.15) is 0 Å². The highest BCUT2D eigenvalue weighted by Gasteiger charge is 2.46. The molecule has 2 saturated heterocycles. The number of rotatable bonds is 7. The number of ether oxygens (including phenoxy) is 2. The predicted octanol–water partition coefficient (Wildman–Crippen LogP) is 5.95. The summed E-state index contributed by atoms with van der Waals surface area (Å²) in [5.41, 5.74) is 3.19. The molecule has 0 unspecified atom stereocenters. The van der Waals surface area contributed by atoms with Crippen molar-refractivity contribution in [2.45, 2.75) is 12.8 Å². The summed E-state index contributed by atoms with van der Waals surface area (Å²) in [5, 5.41) is 4.13. The van der Waals surface area contributed by atoms with Gasteiger partial charge in [0.1, 0.15) is 35.3 Å². The van der Waals surface area contributed by atoms with E-state index in [-0.39, 0.29) is 16.9 Å². The van der Waals surface area contributed by atoms with Crippen LogP contribution < -0.4 is 19.7 Å². The van der Waals surface area contributed by atoms with Crippen molar-refractivity contribution in [3.63, 3.8) is 0 Å². The number of methoxy groups -OCH3 is 2. The van der Waals surface area contributed by atoms with Crippen LogP contribution in [0.15, 0.2) is 67.5 Å². The van der Waals surface area contributed by atoms with Crippen molar-refractivity contribution >= 4 is 34.0 Å². The number of likely N-dealkylation sites (tertiary alicyclic amines) is 1. The van der Waals surface area contributed by atoms with Gasteiger partial charge in [-0.25, -0.2) is 18.7 Å². The van der Waals surface area contributed by atoms with Crippen LogP contribution in [0.4, 0.5) is 26.0 Å². The summed E-state index contributed by atoms with van der Waals surface area (Å²) in [6.07, 6.45) is 4.74. The number of amides is 1. The highest BCUT2D eigenvalue weighted by Crippen LogP contribution is 2.46. The smallest absolute Gasteiger partial charge is 0.245 e. The largest absolute Gasteiger partial charge is 0.495 e. The fraction of sp³-hybridized carbons (Fsp3) is 0.281. The van der Waals surface area contributed by atoms with Gasteiger partial charge in [-0.05, 0) is 54.8 Å². The predicted molar refractivity (Wildman–Crippen MR) is 158 cm³/mol. The Morgan fingerprint density at radius 3 is 2.45 bits per heavy atom. The number of fused-ring (bicyclic) bond motifs is 1. The second-order valence-electron chi connectivity index (χ2n) is 10.8. The topological polar surface area (TPSA) is 79.8 Å². The number of carbonyl (C=O) groups excluding carboxylic acids is 1. The Balaban J connectivity index is 1.30. The lowest BCUT2D eigenvalue weighted by molar-refractivity contribution is -0.128. The molecule has 10 heteroatoms. The lowest BCUT2D eigenvalue weighted by Gasteiger charge is -2.55. The zero-order valence-corrected chi connectivity index (χ0v) is 23.5. The lowest BCUT2D eigenvalue weighted by Crippen LogP contribution is -2.61. The first-order chi connectivity index (χ1) is 20.3. The number of aromatic nitrogens is 2. The van der Waals surface area contributed by atoms with E-state index >= 15 is 0 Å². The summed E-state index contributed by atoms with van der Waals surface area (Å²) >= 11 is 0. The standard InChI is InChI=1S/C32H31F2N5O3/c1-4-30(40)38-11-9-32(10-12-38)17-39(18-32)27-15-23-25(16-29(27)42-3)35-19-36-31(23)37-26-13-20(5-8-28(26)41-2)22-7-6-21(33)14-24(22)34/h4-8,13-16,19H,1,9-12,17-18H2,2-3H3,(H,35,36,37). The maximum Gasteiger partial charge on any atom is 0.245 e. The third kappa shape index (κ3) is 4.97. The van der Waals surface area contributed by atoms with Gasteiger partial charge in [-0.1, -0.05) is 12.6 Å². The van der Waals surface area contributed by atoms with Gasteiger partial charge in [-0.15, -0.1) is 0 Å². The molecule has 3 heterocycles. The first-order valence-electron chi connectivity index (χ1n) is 13.7. The molecule has 8 nitrogen and oxygen atoms in total. The Labute approximate surface area is 242 Å². The van der Waals surface area contributed by atoms with Gasteiger partial charge >= 0.3 is 0 Å². The second kappa shape index (κ2) is 10.9. The molecule has 216 valence electrons. The van der Waals surface area contributed by atoms with Crippen LogP contribution in [0.3, 0.4) is 0 Å². The SMILES string of the molecule is C=CC(=O)N1CCC2(CC1)CN(c1cc3c(Nc4cc(-c5ccc(F)cc5F)ccc4OC)ncnc3cc1OC)C2. The fourth-order valence-corrected chi connectivity index (χ4v) is 5.99. The Bertz CT molecular complexity index is 1680. The number of anilines is 3. The first-order valence-corrected chi connectivity index (χ1v) is 13.7. The van der Waals surface area contributed by atoms with Crippen LogP contribution in [0.2, 0.25) is 0 Å². The molecule has 0 bridgehead atoms. The maximum atomic E-state index is 14.6. The third-order valence-electron chi connectivity index (χ3n) is 8.33. The van der Waals surface area contributed by atoms with Crippen molar-refractivity contribution in [2.75, 3.05) is 50.6 Å². The van der Waals surface area contributed by atoms with E-state index in [0.29, 0.717) is 34.1 Å². The van der Waals surface area contributed by atoms with Crippen LogP contribution >= 0.6 is 0 Å². The van der Waals surface area contributed by atoms with Crippen LogP contribution in [-0.2, 0) is 4.79 Å². The van der Waals surface area contributed by atoms with E-state index in [0.717, 1.165) is 56.2 Å². The quantitative estimate of drug-likeness (QED) is 0.275. The zero-order chi connectivity index (χ0) is 29.4. The molecule has 1 spiro atoms. The molecule has 4 aromatic rings. The van der Waals surface area contributed by atoms with Crippen molar-refractivity contribution in [3.05, 3.63) is 79.1 Å². The number of hydrogen-bond acceptors (Lipinski definition) is 7. The minimum atomic E-state index is -0.652. The summed E-state index contributed by atoms with van der Waals surface area (Å²) in [4.78, 5) is 25.2. The van der Waals surface area contributed by atoms with Gasteiger partial charge in [0.2, 0.25) is 5.91 Å². The summed E-state index contributed by atoms with van der Waals surface area (Å²) < 4.78 is 39.4. The first kappa shape index (κ1) is 27.4. The molecule has 3 aromatic carbocycles. The molecule has 1 aromatic heterocycles. The van der Waals surface area contributed by atoms with E-state index in [1.807, 2.05) is 17.0 Å². The van der Waals surface area contributed by atoms with Gasteiger partial charge in [-0.3, -0.25) is 4.79 Å². The van der Waals surface area contributed by atoms with Crippen molar-refractivity contribution in [1.82, 2.24) is 14.9 Å². The molecule has 1 amide bonds. The van der Waals surface area contributed by atoms with Crippen LogP contribution in [0, 0.1) is 17.0 Å². The molecular formula is C32H31F2N5O3. The molecular weight excluding hydrogens is 540 g/mol. The van der Waals surface area contributed by atoms with Crippen LogP contribution in [0.5, 0.6) is 11.5 Å².